The average molecular weight is 264 g/mol. The minimum atomic E-state index is 0.346. The first kappa shape index (κ1) is 16.8. The van der Waals surface area contributed by atoms with Gasteiger partial charge in [-0.15, -0.1) is 0 Å². The van der Waals surface area contributed by atoms with Crippen LogP contribution in [0.15, 0.2) is 11.1 Å². The Balaban J connectivity index is 3.06. The molecule has 0 aliphatic heterocycles. The fraction of sp³-hybridized carbons (Fsp3) is 0.895. The Morgan fingerprint density at radius 1 is 0.895 bits per heavy atom. The van der Waals surface area contributed by atoms with Gasteiger partial charge in [0, 0.05) is 0 Å². The van der Waals surface area contributed by atoms with Crippen LogP contribution >= 0.6 is 0 Å². The molecule has 0 fully saturated rings. The molecule has 0 aromatic heterocycles. The van der Waals surface area contributed by atoms with Gasteiger partial charge in [0.25, 0.3) is 0 Å². The summed E-state index contributed by atoms with van der Waals surface area (Å²) in [5, 5.41) is 0. The predicted molar refractivity (Wildman–Crippen MR) is 87.3 cm³/mol. The van der Waals surface area contributed by atoms with Gasteiger partial charge in [-0.2, -0.15) is 0 Å². The highest BCUT2D eigenvalue weighted by Crippen LogP contribution is 2.43. The summed E-state index contributed by atoms with van der Waals surface area (Å²) in [5.41, 5.74) is 4.17. The molecule has 0 spiro atoms. The summed E-state index contributed by atoms with van der Waals surface area (Å²) in [4.78, 5) is 0. The second-order valence-electron chi connectivity index (χ2n) is 8.43. The molecular weight excluding hydrogens is 228 g/mol. The molecule has 2 atom stereocenters. The molecule has 0 saturated carbocycles. The Kier molecular flexibility index (Phi) is 5.32. The third kappa shape index (κ3) is 4.10. The van der Waals surface area contributed by atoms with Crippen LogP contribution in [-0.4, -0.2) is 0 Å². The van der Waals surface area contributed by atoms with Gasteiger partial charge in [0.2, 0.25) is 0 Å². The Bertz CT molecular complexity index is 330. The van der Waals surface area contributed by atoms with E-state index in [2.05, 4.69) is 55.4 Å². The zero-order chi connectivity index (χ0) is 14.8. The number of hydrogen-bond donors (Lipinski definition) is 0. The number of allylic oxidation sites excluding steroid dienone is 2. The fourth-order valence-electron chi connectivity index (χ4n) is 3.44. The lowest BCUT2D eigenvalue weighted by Crippen LogP contribution is -2.26. The molecule has 0 aromatic rings. The summed E-state index contributed by atoms with van der Waals surface area (Å²) in [6.45, 7) is 19.5. The molecule has 0 amide bonds. The highest BCUT2D eigenvalue weighted by Gasteiger charge is 2.31. The van der Waals surface area contributed by atoms with Gasteiger partial charge in [-0.3, -0.25) is 0 Å². The summed E-state index contributed by atoms with van der Waals surface area (Å²) in [6, 6.07) is 0. The lowest BCUT2D eigenvalue weighted by Gasteiger charge is -2.36. The van der Waals surface area contributed by atoms with E-state index in [1.54, 1.807) is 11.1 Å². The van der Waals surface area contributed by atoms with Crippen molar-refractivity contribution in [3.63, 3.8) is 0 Å². The summed E-state index contributed by atoms with van der Waals surface area (Å²) < 4.78 is 0. The van der Waals surface area contributed by atoms with Crippen LogP contribution in [0.1, 0.15) is 87.5 Å². The van der Waals surface area contributed by atoms with Gasteiger partial charge in [-0.25, -0.2) is 0 Å². The summed E-state index contributed by atoms with van der Waals surface area (Å²) >= 11 is 0. The Hall–Kier alpha value is -0.260. The lowest BCUT2D eigenvalue weighted by atomic mass is 9.69. The molecule has 0 saturated heterocycles. The van der Waals surface area contributed by atoms with Crippen molar-refractivity contribution >= 4 is 0 Å². The van der Waals surface area contributed by atoms with E-state index in [1.165, 1.54) is 32.1 Å². The van der Waals surface area contributed by atoms with E-state index in [9.17, 15) is 0 Å². The van der Waals surface area contributed by atoms with Crippen molar-refractivity contribution in [2.24, 2.45) is 22.7 Å². The van der Waals surface area contributed by atoms with Gasteiger partial charge in [-0.05, 0) is 62.2 Å². The molecular formula is C19H36. The van der Waals surface area contributed by atoms with E-state index in [0.717, 1.165) is 11.8 Å². The van der Waals surface area contributed by atoms with Gasteiger partial charge in [0.15, 0.2) is 0 Å². The monoisotopic (exact) mass is 264 g/mol. The third-order valence-corrected chi connectivity index (χ3v) is 6.27. The van der Waals surface area contributed by atoms with Crippen molar-refractivity contribution in [3.8, 4) is 0 Å². The summed E-state index contributed by atoms with van der Waals surface area (Å²) in [7, 11) is 0. The standard InChI is InChI=1S/C19H36/c1-14-10-9-12-18(5,6)13-11-15(2)19(7,8)17(4)16(14)3/h14-15H,9-13H2,1-8H3/b17-16-. The molecule has 0 radical (unpaired) electrons. The van der Waals surface area contributed by atoms with Crippen molar-refractivity contribution in [1.29, 1.82) is 0 Å². The van der Waals surface area contributed by atoms with Crippen LogP contribution in [0.2, 0.25) is 0 Å². The van der Waals surface area contributed by atoms with Crippen LogP contribution in [-0.2, 0) is 0 Å². The van der Waals surface area contributed by atoms with Crippen LogP contribution in [0.4, 0.5) is 0 Å². The number of hydrogen-bond acceptors (Lipinski definition) is 0. The van der Waals surface area contributed by atoms with Crippen LogP contribution < -0.4 is 0 Å². The highest BCUT2D eigenvalue weighted by molar-refractivity contribution is 5.20. The van der Waals surface area contributed by atoms with E-state index in [4.69, 9.17) is 0 Å². The normalized spacial score (nSPS) is 36.6. The molecule has 0 N–H and O–H groups in total. The highest BCUT2D eigenvalue weighted by atomic mass is 14.4. The first-order chi connectivity index (χ1) is 8.58. The lowest BCUT2D eigenvalue weighted by molar-refractivity contribution is 0.211. The first-order valence-corrected chi connectivity index (χ1v) is 8.26. The van der Waals surface area contributed by atoms with E-state index in [-0.39, 0.29) is 0 Å². The molecule has 1 aliphatic carbocycles. The molecule has 0 heteroatoms. The number of rotatable bonds is 0. The minimum Gasteiger partial charge on any atom is -0.0710 e. The molecule has 19 heavy (non-hydrogen) atoms. The SMILES string of the molecule is C/C1=C(\C)C(C)(C)C(C)CCC(C)(C)CCCC1C. The van der Waals surface area contributed by atoms with E-state index in [1.807, 2.05) is 0 Å². The Morgan fingerprint density at radius 2 is 1.47 bits per heavy atom. The molecule has 112 valence electrons. The van der Waals surface area contributed by atoms with Crippen molar-refractivity contribution in [1.82, 2.24) is 0 Å². The summed E-state index contributed by atoms with van der Waals surface area (Å²) in [6.07, 6.45) is 6.86. The minimum absolute atomic E-state index is 0.346. The van der Waals surface area contributed by atoms with Crippen molar-refractivity contribution < 1.29 is 0 Å². The first-order valence-electron chi connectivity index (χ1n) is 8.26. The maximum Gasteiger partial charge on any atom is -0.0119 e. The maximum atomic E-state index is 2.46. The van der Waals surface area contributed by atoms with E-state index in [0.29, 0.717) is 10.8 Å². The van der Waals surface area contributed by atoms with Gasteiger partial charge in [0.05, 0.1) is 0 Å². The second kappa shape index (κ2) is 6.02. The van der Waals surface area contributed by atoms with E-state index >= 15 is 0 Å². The van der Waals surface area contributed by atoms with Gasteiger partial charge in [0.1, 0.15) is 0 Å². The van der Waals surface area contributed by atoms with Crippen LogP contribution in [0.25, 0.3) is 0 Å². The van der Waals surface area contributed by atoms with Gasteiger partial charge in [-0.1, -0.05) is 59.1 Å². The van der Waals surface area contributed by atoms with Crippen LogP contribution in [0.5, 0.6) is 0 Å². The van der Waals surface area contributed by atoms with Crippen LogP contribution in [0, 0.1) is 22.7 Å². The van der Waals surface area contributed by atoms with Crippen molar-refractivity contribution in [2.45, 2.75) is 87.5 Å². The van der Waals surface area contributed by atoms with Gasteiger partial charge < -0.3 is 0 Å². The molecule has 1 rings (SSSR count). The molecule has 0 nitrogen and oxygen atoms in total. The summed E-state index contributed by atoms with van der Waals surface area (Å²) in [5.74, 6) is 1.52. The fourth-order valence-corrected chi connectivity index (χ4v) is 3.44. The van der Waals surface area contributed by atoms with Gasteiger partial charge >= 0.3 is 0 Å². The molecule has 0 bridgehead atoms. The molecule has 2 unspecified atom stereocenters. The average Bonchev–Trinajstić information content (AvgIpc) is 2.33. The quantitative estimate of drug-likeness (QED) is 0.432. The molecule has 0 heterocycles. The third-order valence-electron chi connectivity index (χ3n) is 6.27. The molecule has 1 aliphatic rings. The maximum absolute atomic E-state index is 2.46. The largest absolute Gasteiger partial charge is 0.0710 e. The van der Waals surface area contributed by atoms with Crippen molar-refractivity contribution in [3.05, 3.63) is 11.1 Å². The van der Waals surface area contributed by atoms with Crippen molar-refractivity contribution in [2.75, 3.05) is 0 Å². The zero-order valence-corrected chi connectivity index (χ0v) is 14.7. The van der Waals surface area contributed by atoms with Crippen LogP contribution in [0.3, 0.4) is 0 Å². The van der Waals surface area contributed by atoms with E-state index < -0.39 is 0 Å². The smallest absolute Gasteiger partial charge is 0.0119 e. The Labute approximate surface area is 122 Å². The topological polar surface area (TPSA) is 0 Å². The molecule has 0 aromatic carbocycles. The predicted octanol–water partition coefficient (Wildman–Crippen LogP) is 6.61. The second-order valence-corrected chi connectivity index (χ2v) is 8.43. The Morgan fingerprint density at radius 3 is 2.05 bits per heavy atom. The zero-order valence-electron chi connectivity index (χ0n) is 14.7.